The van der Waals surface area contributed by atoms with Crippen LogP contribution in [-0.2, 0) is 9.59 Å². The number of amides is 2. The Hall–Kier alpha value is -3.60. The molecule has 0 radical (unpaired) electrons. The molecule has 1 aliphatic carbocycles. The third-order valence-electron chi connectivity index (χ3n) is 9.19. The zero-order valence-corrected chi connectivity index (χ0v) is 25.8. The van der Waals surface area contributed by atoms with E-state index in [0.717, 1.165) is 18.5 Å². The number of rotatable bonds is 10. The molecule has 0 bridgehead atoms. The lowest BCUT2D eigenvalue weighted by atomic mass is 9.85. The van der Waals surface area contributed by atoms with Gasteiger partial charge in [-0.2, -0.15) is 0 Å². The third-order valence-corrected chi connectivity index (χ3v) is 9.19. The molecule has 44 heavy (non-hydrogen) atoms. The van der Waals surface area contributed by atoms with Gasteiger partial charge < -0.3 is 20.4 Å². The maximum absolute atomic E-state index is 14.0. The van der Waals surface area contributed by atoms with Gasteiger partial charge in [-0.3, -0.25) is 14.5 Å². The minimum Gasteiger partial charge on any atom is -0.391 e. The Kier molecular flexibility index (Phi) is 8.34. The number of aliphatic hydroxyl groups excluding tert-OH is 1. The van der Waals surface area contributed by atoms with Gasteiger partial charge in [-0.1, -0.05) is 86.6 Å². The van der Waals surface area contributed by atoms with Crippen LogP contribution in [0.3, 0.4) is 0 Å². The zero-order valence-electron chi connectivity index (χ0n) is 25.8. The molecule has 2 amide bonds. The molecule has 6 rings (SSSR count). The predicted molar refractivity (Wildman–Crippen MR) is 165 cm³/mol. The summed E-state index contributed by atoms with van der Waals surface area (Å²) in [4.78, 5) is 31.1. The molecule has 10 nitrogen and oxygen atoms in total. The number of hydrogen-bond donors (Lipinski definition) is 3. The molecule has 0 unspecified atom stereocenters. The lowest BCUT2D eigenvalue weighted by Gasteiger charge is -2.50. The molecule has 2 aliphatic heterocycles. The highest BCUT2D eigenvalue weighted by molar-refractivity contribution is 5.90. The van der Waals surface area contributed by atoms with E-state index in [2.05, 4.69) is 44.8 Å². The van der Waals surface area contributed by atoms with Crippen molar-refractivity contribution in [1.29, 1.82) is 0 Å². The van der Waals surface area contributed by atoms with Crippen molar-refractivity contribution < 1.29 is 19.8 Å². The van der Waals surface area contributed by atoms with E-state index in [0.29, 0.717) is 25.4 Å². The summed E-state index contributed by atoms with van der Waals surface area (Å²) in [5.41, 5.74) is 1.82. The lowest BCUT2D eigenvalue weighted by molar-refractivity contribution is -0.144. The van der Waals surface area contributed by atoms with E-state index < -0.39 is 29.2 Å². The Balaban J connectivity index is 1.07. The smallest absolute Gasteiger partial charge is 0.248 e. The second-order valence-corrected chi connectivity index (χ2v) is 14.0. The molecule has 234 valence electrons. The van der Waals surface area contributed by atoms with Crippen LogP contribution in [0.25, 0.3) is 0 Å². The first-order valence-corrected chi connectivity index (χ1v) is 15.8. The van der Waals surface area contributed by atoms with E-state index in [1.165, 1.54) is 16.0 Å². The van der Waals surface area contributed by atoms with Gasteiger partial charge in [-0.25, -0.2) is 4.68 Å². The van der Waals surface area contributed by atoms with Crippen LogP contribution in [0.15, 0.2) is 66.9 Å². The van der Waals surface area contributed by atoms with Crippen LogP contribution in [-0.4, -0.2) is 90.7 Å². The standard InChI is InChI=1S/C34H44N6O4/c1-33(2,3)30(40-20-27(36-37-40)23-14-15-23)32(43)39-19-26(41)18-28(39)31(42)35-17-16-34(44)21-38(22-34)29(24-10-6-4-7-11-24)25-12-8-5-9-13-25/h4-13,20,23,26,28-30,41,44H,14-19,21-22H2,1-3H3,(H,35,42)/t26-,28+,30-/m1/s1. The van der Waals surface area contributed by atoms with E-state index in [1.807, 2.05) is 63.4 Å². The van der Waals surface area contributed by atoms with Crippen molar-refractivity contribution in [2.75, 3.05) is 26.2 Å². The summed E-state index contributed by atoms with van der Waals surface area (Å²) < 4.78 is 1.63. The summed E-state index contributed by atoms with van der Waals surface area (Å²) >= 11 is 0. The summed E-state index contributed by atoms with van der Waals surface area (Å²) in [5, 5.41) is 33.4. The largest absolute Gasteiger partial charge is 0.391 e. The second kappa shape index (κ2) is 12.1. The number of β-amino-alcohol motifs (C(OH)–C–C–N with tert-alkyl or cyclic N) is 2. The molecule has 3 heterocycles. The van der Waals surface area contributed by atoms with Crippen LogP contribution >= 0.6 is 0 Å². The second-order valence-electron chi connectivity index (χ2n) is 14.0. The molecule has 1 saturated carbocycles. The van der Waals surface area contributed by atoms with Crippen LogP contribution in [0.5, 0.6) is 0 Å². The minimum absolute atomic E-state index is 0.0351. The molecular weight excluding hydrogens is 556 g/mol. The fourth-order valence-corrected chi connectivity index (χ4v) is 6.80. The van der Waals surface area contributed by atoms with E-state index in [1.54, 1.807) is 4.68 Å². The summed E-state index contributed by atoms with van der Waals surface area (Å²) in [6.45, 7) is 7.24. The number of carbonyl (C=O) groups is 2. The highest BCUT2D eigenvalue weighted by Crippen LogP contribution is 2.41. The van der Waals surface area contributed by atoms with Crippen molar-refractivity contribution in [2.45, 2.75) is 82.2 Å². The van der Waals surface area contributed by atoms with Gasteiger partial charge in [-0.15, -0.1) is 5.10 Å². The van der Waals surface area contributed by atoms with Crippen molar-refractivity contribution >= 4 is 11.8 Å². The lowest BCUT2D eigenvalue weighted by Crippen LogP contribution is -2.63. The van der Waals surface area contributed by atoms with Gasteiger partial charge in [0.1, 0.15) is 12.1 Å². The van der Waals surface area contributed by atoms with Gasteiger partial charge in [0.15, 0.2) is 0 Å². The Morgan fingerprint density at radius 3 is 2.20 bits per heavy atom. The average Bonchev–Trinajstić information content (AvgIpc) is 3.58. The number of hydrogen-bond acceptors (Lipinski definition) is 7. The number of nitrogens with one attached hydrogen (secondary N) is 1. The Morgan fingerprint density at radius 2 is 1.64 bits per heavy atom. The van der Waals surface area contributed by atoms with Crippen molar-refractivity contribution in [3.63, 3.8) is 0 Å². The summed E-state index contributed by atoms with van der Waals surface area (Å²) in [7, 11) is 0. The van der Waals surface area contributed by atoms with Crippen LogP contribution < -0.4 is 5.32 Å². The van der Waals surface area contributed by atoms with Gasteiger partial charge in [0, 0.05) is 44.7 Å². The van der Waals surface area contributed by atoms with Crippen molar-refractivity contribution in [1.82, 2.24) is 30.1 Å². The molecule has 2 saturated heterocycles. The minimum atomic E-state index is -0.927. The van der Waals surface area contributed by atoms with Crippen molar-refractivity contribution in [3.8, 4) is 0 Å². The molecule has 0 spiro atoms. The number of nitrogens with zero attached hydrogens (tertiary/aromatic N) is 5. The molecule has 1 aromatic heterocycles. The van der Waals surface area contributed by atoms with Crippen LogP contribution in [0.4, 0.5) is 0 Å². The highest BCUT2D eigenvalue weighted by Gasteiger charge is 2.47. The quantitative estimate of drug-likeness (QED) is 0.327. The number of likely N-dealkylation sites (tertiary alicyclic amines) is 2. The van der Waals surface area contributed by atoms with Crippen LogP contribution in [0.1, 0.15) is 81.3 Å². The van der Waals surface area contributed by atoms with E-state index >= 15 is 0 Å². The van der Waals surface area contributed by atoms with E-state index in [-0.39, 0.29) is 37.4 Å². The Bertz CT molecular complexity index is 1410. The predicted octanol–water partition coefficient (Wildman–Crippen LogP) is 3.05. The molecule has 3 atom stereocenters. The molecule has 3 N–H and O–H groups in total. The summed E-state index contributed by atoms with van der Waals surface area (Å²) in [5.74, 6) is -0.152. The van der Waals surface area contributed by atoms with Gasteiger partial charge in [-0.05, 0) is 35.8 Å². The average molecular weight is 601 g/mol. The van der Waals surface area contributed by atoms with Crippen molar-refractivity contribution in [2.24, 2.45) is 5.41 Å². The third kappa shape index (κ3) is 6.43. The Labute approximate surface area is 259 Å². The van der Waals surface area contributed by atoms with Gasteiger partial charge in [0.05, 0.1) is 23.4 Å². The number of benzene rings is 2. The van der Waals surface area contributed by atoms with Gasteiger partial charge in [0.2, 0.25) is 11.8 Å². The van der Waals surface area contributed by atoms with Crippen molar-refractivity contribution in [3.05, 3.63) is 83.7 Å². The number of aromatic nitrogens is 3. The monoisotopic (exact) mass is 600 g/mol. The molecule has 3 fully saturated rings. The number of carbonyl (C=O) groups excluding carboxylic acids is 2. The molecule has 3 aliphatic rings. The zero-order chi connectivity index (χ0) is 31.1. The first-order valence-electron chi connectivity index (χ1n) is 15.8. The Morgan fingerprint density at radius 1 is 1.02 bits per heavy atom. The summed E-state index contributed by atoms with van der Waals surface area (Å²) in [6.07, 6.45) is 3.80. The maximum atomic E-state index is 14.0. The fourth-order valence-electron chi connectivity index (χ4n) is 6.80. The first kappa shape index (κ1) is 30.4. The van der Waals surface area contributed by atoms with E-state index in [9.17, 15) is 19.8 Å². The molecule has 2 aromatic carbocycles. The number of aliphatic hydroxyl groups is 2. The van der Waals surface area contributed by atoms with Crippen LogP contribution in [0, 0.1) is 5.41 Å². The van der Waals surface area contributed by atoms with Crippen LogP contribution in [0.2, 0.25) is 0 Å². The van der Waals surface area contributed by atoms with Gasteiger partial charge >= 0.3 is 0 Å². The fraction of sp³-hybridized carbons (Fsp3) is 0.529. The highest BCUT2D eigenvalue weighted by atomic mass is 16.3. The summed E-state index contributed by atoms with van der Waals surface area (Å²) in [6, 6.07) is 19.1. The first-order chi connectivity index (χ1) is 21.0. The van der Waals surface area contributed by atoms with Gasteiger partial charge in [0.25, 0.3) is 0 Å². The normalized spacial score (nSPS) is 22.5. The maximum Gasteiger partial charge on any atom is 0.248 e. The van der Waals surface area contributed by atoms with E-state index in [4.69, 9.17) is 0 Å². The molecule has 3 aromatic rings. The topological polar surface area (TPSA) is 124 Å². The SMILES string of the molecule is CC(C)(C)[C@@H](C(=O)N1C[C@H](O)C[C@H]1C(=O)NCCC1(O)CN(C(c2ccccc2)c2ccccc2)C1)n1cc(C2CC2)nn1. The molecule has 10 heteroatoms. The molecular formula is C34H44N6O4.